The molecular weight excluding hydrogens is 336 g/mol. The largest absolute Gasteiger partial charge is 0.469 e. The molecule has 0 rings (SSSR count). The number of hydrogen-bond acceptors (Lipinski definition) is 10. The van der Waals surface area contributed by atoms with Crippen molar-refractivity contribution in [3.63, 3.8) is 0 Å². The van der Waals surface area contributed by atoms with E-state index in [9.17, 15) is 19.2 Å². The van der Waals surface area contributed by atoms with Crippen LogP contribution < -0.4 is 0 Å². The van der Waals surface area contributed by atoms with Gasteiger partial charge in [0.05, 0.1) is 41.3 Å². The molecule has 0 amide bonds. The highest BCUT2D eigenvalue weighted by Crippen LogP contribution is 2.35. The summed E-state index contributed by atoms with van der Waals surface area (Å²) in [4.78, 5) is 45.8. The van der Waals surface area contributed by atoms with E-state index in [0.717, 1.165) is 21.6 Å². The molecule has 0 spiro atoms. The normalized spacial score (nSPS) is 12.7. The molecule has 0 bridgehead atoms. The number of rotatable bonds is 9. The van der Waals surface area contributed by atoms with Crippen LogP contribution >= 0.6 is 21.6 Å². The average molecular weight is 354 g/mol. The lowest BCUT2D eigenvalue weighted by atomic mass is 10.3. The molecule has 0 aliphatic rings. The summed E-state index contributed by atoms with van der Waals surface area (Å²) in [6.07, 6.45) is -0.431. The van der Waals surface area contributed by atoms with Gasteiger partial charge in [0.25, 0.3) is 0 Å². The molecule has 126 valence electrons. The van der Waals surface area contributed by atoms with Crippen molar-refractivity contribution in [1.82, 2.24) is 0 Å². The Morgan fingerprint density at radius 2 is 1.00 bits per heavy atom. The first-order valence-corrected chi connectivity index (χ1v) is 8.28. The summed E-state index contributed by atoms with van der Waals surface area (Å²) in [6.45, 7) is 0. The number of esters is 4. The summed E-state index contributed by atoms with van der Waals surface area (Å²) in [5.41, 5.74) is 0. The van der Waals surface area contributed by atoms with Crippen molar-refractivity contribution in [2.24, 2.45) is 0 Å². The second-order valence-corrected chi connectivity index (χ2v) is 6.45. The molecule has 0 aliphatic carbocycles. The van der Waals surface area contributed by atoms with Gasteiger partial charge in [-0.3, -0.25) is 19.2 Å². The number of carbonyl (C=O) groups is 4. The Kier molecular flexibility index (Phi) is 10.5. The Morgan fingerprint density at radius 3 is 1.23 bits per heavy atom. The Labute approximate surface area is 136 Å². The van der Waals surface area contributed by atoms with Gasteiger partial charge in [-0.25, -0.2) is 0 Å². The fraction of sp³-hybridized carbons (Fsp3) is 0.667. The van der Waals surface area contributed by atoms with Crippen LogP contribution in [0, 0.1) is 0 Å². The molecule has 22 heavy (non-hydrogen) atoms. The van der Waals surface area contributed by atoms with Crippen LogP contribution in [0.1, 0.15) is 12.8 Å². The van der Waals surface area contributed by atoms with Crippen LogP contribution in [0.5, 0.6) is 0 Å². The van der Waals surface area contributed by atoms with Crippen LogP contribution in [-0.2, 0) is 38.1 Å². The summed E-state index contributed by atoms with van der Waals surface area (Å²) < 4.78 is 18.2. The van der Waals surface area contributed by atoms with Crippen molar-refractivity contribution in [1.29, 1.82) is 0 Å². The zero-order valence-electron chi connectivity index (χ0n) is 12.7. The van der Waals surface area contributed by atoms with Gasteiger partial charge in [0.15, 0.2) is 0 Å². The van der Waals surface area contributed by atoms with Gasteiger partial charge in [0, 0.05) is 0 Å². The van der Waals surface area contributed by atoms with Gasteiger partial charge in [0.1, 0.15) is 10.5 Å². The summed E-state index contributed by atoms with van der Waals surface area (Å²) in [5, 5.41) is -1.74. The molecule has 0 radical (unpaired) electrons. The molecule has 0 aromatic carbocycles. The minimum atomic E-state index is -0.868. The van der Waals surface area contributed by atoms with Crippen LogP contribution in [-0.4, -0.2) is 62.8 Å². The molecule has 0 N–H and O–H groups in total. The molecule has 0 aliphatic heterocycles. The third kappa shape index (κ3) is 7.55. The number of carbonyl (C=O) groups excluding carboxylic acids is 4. The standard InChI is InChI=1S/C12H18O8S2/c1-17-9(13)5-7(11(15)19-3)21-22-8(12(16)20-4)6-10(14)18-2/h7-8H,5-6H2,1-4H3. The van der Waals surface area contributed by atoms with Gasteiger partial charge >= 0.3 is 23.9 Å². The summed E-state index contributed by atoms with van der Waals surface area (Å²) >= 11 is 0. The maximum atomic E-state index is 11.6. The zero-order valence-corrected chi connectivity index (χ0v) is 14.3. The van der Waals surface area contributed by atoms with E-state index in [2.05, 4.69) is 18.9 Å². The minimum Gasteiger partial charge on any atom is -0.469 e. The summed E-state index contributed by atoms with van der Waals surface area (Å²) in [6, 6.07) is 0. The smallest absolute Gasteiger partial charge is 0.320 e. The highest BCUT2D eigenvalue weighted by Gasteiger charge is 2.30. The average Bonchev–Trinajstić information content (AvgIpc) is 2.54. The third-order valence-electron chi connectivity index (χ3n) is 2.38. The predicted octanol–water partition coefficient (Wildman–Crippen LogP) is 0.577. The SMILES string of the molecule is COC(=O)CC(SSC(CC(=O)OC)C(=O)OC)C(=O)OC. The van der Waals surface area contributed by atoms with Gasteiger partial charge in [-0.15, -0.1) is 0 Å². The lowest BCUT2D eigenvalue weighted by Crippen LogP contribution is -2.25. The second-order valence-electron chi connectivity index (χ2n) is 3.78. The van der Waals surface area contributed by atoms with Crippen LogP contribution in [0.15, 0.2) is 0 Å². The Hall–Kier alpha value is -1.42. The van der Waals surface area contributed by atoms with Crippen molar-refractivity contribution in [3.05, 3.63) is 0 Å². The quantitative estimate of drug-likeness (QED) is 0.331. The van der Waals surface area contributed by atoms with Crippen LogP contribution in [0.4, 0.5) is 0 Å². The maximum absolute atomic E-state index is 11.6. The molecule has 0 saturated heterocycles. The Morgan fingerprint density at radius 1 is 0.682 bits per heavy atom. The highest BCUT2D eigenvalue weighted by molar-refractivity contribution is 8.77. The number of methoxy groups -OCH3 is 4. The Bertz CT molecular complexity index is 374. The first-order valence-electron chi connectivity index (χ1n) is 6.01. The van der Waals surface area contributed by atoms with E-state index in [1.54, 1.807) is 0 Å². The van der Waals surface area contributed by atoms with Crippen LogP contribution in [0.2, 0.25) is 0 Å². The first-order chi connectivity index (χ1) is 10.4. The molecule has 2 atom stereocenters. The summed E-state index contributed by atoms with van der Waals surface area (Å²) in [7, 11) is 6.63. The van der Waals surface area contributed by atoms with E-state index < -0.39 is 34.4 Å². The molecule has 8 nitrogen and oxygen atoms in total. The van der Waals surface area contributed by atoms with Crippen molar-refractivity contribution in [3.8, 4) is 0 Å². The second kappa shape index (κ2) is 11.2. The predicted molar refractivity (Wildman–Crippen MR) is 80.1 cm³/mol. The fourth-order valence-corrected chi connectivity index (χ4v) is 3.89. The van der Waals surface area contributed by atoms with Crippen molar-refractivity contribution in [2.45, 2.75) is 23.3 Å². The van der Waals surface area contributed by atoms with E-state index in [4.69, 9.17) is 0 Å². The molecule has 10 heteroatoms. The topological polar surface area (TPSA) is 105 Å². The molecule has 0 aromatic rings. The molecule has 0 fully saturated rings. The number of ether oxygens (including phenoxy) is 4. The molecular formula is C12H18O8S2. The fourth-order valence-electron chi connectivity index (χ4n) is 1.18. The van der Waals surface area contributed by atoms with Gasteiger partial charge in [0.2, 0.25) is 0 Å². The van der Waals surface area contributed by atoms with E-state index >= 15 is 0 Å². The van der Waals surface area contributed by atoms with Gasteiger partial charge in [-0.05, 0) is 0 Å². The third-order valence-corrected chi connectivity index (χ3v) is 5.40. The zero-order chi connectivity index (χ0) is 17.1. The molecule has 0 aromatic heterocycles. The van der Waals surface area contributed by atoms with Crippen LogP contribution in [0.25, 0.3) is 0 Å². The lowest BCUT2D eigenvalue weighted by Gasteiger charge is -2.16. The first kappa shape index (κ1) is 20.6. The summed E-state index contributed by atoms with van der Waals surface area (Å²) in [5.74, 6) is -2.45. The van der Waals surface area contributed by atoms with E-state index in [-0.39, 0.29) is 12.8 Å². The molecule has 0 heterocycles. The number of hydrogen-bond donors (Lipinski definition) is 0. The maximum Gasteiger partial charge on any atom is 0.320 e. The highest BCUT2D eigenvalue weighted by atomic mass is 33.1. The van der Waals surface area contributed by atoms with Crippen molar-refractivity contribution >= 4 is 45.5 Å². The van der Waals surface area contributed by atoms with Gasteiger partial charge < -0.3 is 18.9 Å². The molecule has 2 unspecified atom stereocenters. The van der Waals surface area contributed by atoms with E-state index in [0.29, 0.717) is 0 Å². The Balaban J connectivity index is 4.79. The van der Waals surface area contributed by atoms with E-state index in [1.165, 1.54) is 28.4 Å². The van der Waals surface area contributed by atoms with Crippen LogP contribution in [0.3, 0.4) is 0 Å². The molecule has 0 saturated carbocycles. The minimum absolute atomic E-state index is 0.215. The van der Waals surface area contributed by atoms with Crippen molar-refractivity contribution in [2.75, 3.05) is 28.4 Å². The monoisotopic (exact) mass is 354 g/mol. The van der Waals surface area contributed by atoms with Gasteiger partial charge in [-0.2, -0.15) is 0 Å². The van der Waals surface area contributed by atoms with Gasteiger partial charge in [-0.1, -0.05) is 21.6 Å². The lowest BCUT2D eigenvalue weighted by molar-refractivity contribution is -0.146. The van der Waals surface area contributed by atoms with E-state index in [1.807, 2.05) is 0 Å². The van der Waals surface area contributed by atoms with Crippen molar-refractivity contribution < 1.29 is 38.1 Å².